The summed E-state index contributed by atoms with van der Waals surface area (Å²) < 4.78 is 19.1. The molecule has 1 aromatic rings. The molecule has 0 spiro atoms. The third-order valence-electron chi connectivity index (χ3n) is 3.11. The first kappa shape index (κ1) is 14.4. The molecule has 0 radical (unpaired) electrons. The third-order valence-corrected chi connectivity index (χ3v) is 3.11. The number of hydrogen-bond donors (Lipinski definition) is 4. The number of nitrogen functional groups attached to an aromatic ring is 1. The molecule has 4 unspecified atom stereocenters. The van der Waals surface area contributed by atoms with Crippen molar-refractivity contribution in [3.8, 4) is 12.3 Å². The molecule has 5 N–H and O–H groups in total. The number of ether oxygens (including phenoxy) is 1. The highest BCUT2D eigenvalue weighted by Gasteiger charge is 2.54. The molecule has 9 heteroatoms. The van der Waals surface area contributed by atoms with Crippen LogP contribution in [0.5, 0.6) is 0 Å². The van der Waals surface area contributed by atoms with E-state index in [1.807, 2.05) is 5.92 Å². The van der Waals surface area contributed by atoms with Crippen molar-refractivity contribution in [1.82, 2.24) is 9.55 Å². The van der Waals surface area contributed by atoms with E-state index in [-0.39, 0.29) is 0 Å². The first-order valence-electron chi connectivity index (χ1n) is 5.53. The zero-order chi connectivity index (χ0) is 15.1. The van der Waals surface area contributed by atoms with E-state index < -0.39 is 48.0 Å². The molecule has 1 fully saturated rings. The third kappa shape index (κ3) is 1.95. The summed E-state index contributed by atoms with van der Waals surface area (Å²) in [5.74, 6) is 0.407. The summed E-state index contributed by atoms with van der Waals surface area (Å²) in [5.41, 5.74) is 2.25. The number of rotatable bonds is 2. The first-order valence-corrected chi connectivity index (χ1v) is 5.53. The van der Waals surface area contributed by atoms with Crippen LogP contribution in [0.15, 0.2) is 11.0 Å². The summed E-state index contributed by atoms with van der Waals surface area (Å²) in [6.45, 7) is -0.794. The molecule has 1 aliphatic rings. The van der Waals surface area contributed by atoms with Crippen molar-refractivity contribution in [2.45, 2.75) is 24.0 Å². The summed E-state index contributed by atoms with van der Waals surface area (Å²) >= 11 is 0. The van der Waals surface area contributed by atoms with Gasteiger partial charge in [-0.3, -0.25) is 4.57 Å². The maximum Gasteiger partial charge on any atom is 0.351 e. The zero-order valence-corrected chi connectivity index (χ0v) is 10.1. The van der Waals surface area contributed by atoms with Gasteiger partial charge in [-0.2, -0.15) is 4.98 Å². The fraction of sp³-hybridized carbons (Fsp3) is 0.455. The SMILES string of the molecule is C#CC1(CO)OC(n2cc(F)c(N)nc2=O)C(O)C1O. The van der Waals surface area contributed by atoms with Crippen molar-refractivity contribution in [1.29, 1.82) is 0 Å². The Morgan fingerprint density at radius 2 is 2.30 bits per heavy atom. The Hall–Kier alpha value is -1.99. The first-order chi connectivity index (χ1) is 9.36. The van der Waals surface area contributed by atoms with Crippen LogP contribution in [-0.2, 0) is 4.74 Å². The van der Waals surface area contributed by atoms with Gasteiger partial charge in [0.1, 0.15) is 12.2 Å². The van der Waals surface area contributed by atoms with Crippen molar-refractivity contribution in [3.05, 3.63) is 22.5 Å². The summed E-state index contributed by atoms with van der Waals surface area (Å²) in [7, 11) is 0. The molecule has 2 rings (SSSR count). The molecule has 1 aromatic heterocycles. The lowest BCUT2D eigenvalue weighted by Gasteiger charge is -2.23. The van der Waals surface area contributed by atoms with Crippen LogP contribution in [-0.4, -0.2) is 49.3 Å². The number of nitrogens with zero attached hydrogens (tertiary/aromatic N) is 2. The van der Waals surface area contributed by atoms with Crippen LogP contribution >= 0.6 is 0 Å². The average Bonchev–Trinajstić information content (AvgIpc) is 2.68. The van der Waals surface area contributed by atoms with Gasteiger partial charge in [-0.1, -0.05) is 5.92 Å². The number of nitrogens with two attached hydrogens (primary N) is 1. The van der Waals surface area contributed by atoms with Crippen LogP contribution < -0.4 is 11.4 Å². The highest BCUT2D eigenvalue weighted by molar-refractivity contribution is 5.27. The molecule has 1 saturated heterocycles. The number of anilines is 1. The van der Waals surface area contributed by atoms with E-state index in [2.05, 4.69) is 4.98 Å². The lowest BCUT2D eigenvalue weighted by Crippen LogP contribution is -2.45. The molecule has 1 aliphatic heterocycles. The van der Waals surface area contributed by atoms with E-state index in [9.17, 15) is 24.5 Å². The monoisotopic (exact) mass is 285 g/mol. The Labute approximate surface area is 112 Å². The van der Waals surface area contributed by atoms with Gasteiger partial charge in [-0.25, -0.2) is 9.18 Å². The highest BCUT2D eigenvalue weighted by Crippen LogP contribution is 2.36. The number of hydrogen-bond acceptors (Lipinski definition) is 7. The standard InChI is InChI=1S/C11H12FN3O5/c1-2-11(4-16)7(18)6(17)9(20-11)15-3-5(12)8(13)14-10(15)19/h1,3,6-7,9,16-18H,4H2,(H2,13,14,19). The fourth-order valence-corrected chi connectivity index (χ4v) is 1.94. The predicted octanol–water partition coefficient (Wildman–Crippen LogP) is -2.42. The van der Waals surface area contributed by atoms with Crippen LogP contribution in [0.2, 0.25) is 0 Å². The molecule has 4 atom stereocenters. The maximum absolute atomic E-state index is 13.4. The quantitative estimate of drug-likeness (QED) is 0.445. The molecule has 0 bridgehead atoms. The van der Waals surface area contributed by atoms with Gasteiger partial charge in [0.05, 0.1) is 12.8 Å². The molecular formula is C11H12FN3O5. The van der Waals surface area contributed by atoms with Crippen molar-refractivity contribution >= 4 is 5.82 Å². The van der Waals surface area contributed by atoms with Gasteiger partial charge in [-0.15, -0.1) is 6.42 Å². The minimum absolute atomic E-state index is 0.605. The number of halogens is 1. The molecule has 108 valence electrons. The lowest BCUT2D eigenvalue weighted by atomic mass is 9.97. The largest absolute Gasteiger partial charge is 0.392 e. The smallest absolute Gasteiger partial charge is 0.351 e. The second-order valence-corrected chi connectivity index (χ2v) is 4.30. The Balaban J connectivity index is 2.48. The van der Waals surface area contributed by atoms with Crippen molar-refractivity contribution in [2.75, 3.05) is 12.3 Å². The van der Waals surface area contributed by atoms with E-state index in [1.54, 1.807) is 0 Å². The Kier molecular flexibility index (Phi) is 3.49. The fourth-order valence-electron chi connectivity index (χ4n) is 1.94. The van der Waals surface area contributed by atoms with E-state index in [1.165, 1.54) is 0 Å². The zero-order valence-electron chi connectivity index (χ0n) is 10.1. The van der Waals surface area contributed by atoms with Crippen LogP contribution in [0.3, 0.4) is 0 Å². The van der Waals surface area contributed by atoms with E-state index in [0.717, 1.165) is 0 Å². The number of aliphatic hydroxyl groups excluding tert-OH is 3. The normalized spacial score (nSPS) is 33.0. The average molecular weight is 285 g/mol. The van der Waals surface area contributed by atoms with Gasteiger partial charge in [0.15, 0.2) is 23.5 Å². The van der Waals surface area contributed by atoms with Crippen LogP contribution in [0.25, 0.3) is 0 Å². The van der Waals surface area contributed by atoms with Crippen molar-refractivity contribution in [3.63, 3.8) is 0 Å². The van der Waals surface area contributed by atoms with Gasteiger partial charge < -0.3 is 25.8 Å². The molecule has 20 heavy (non-hydrogen) atoms. The number of terminal acetylenes is 1. The molecule has 8 nitrogen and oxygen atoms in total. The van der Waals surface area contributed by atoms with Gasteiger partial charge in [0.2, 0.25) is 0 Å². The second-order valence-electron chi connectivity index (χ2n) is 4.30. The van der Waals surface area contributed by atoms with E-state index >= 15 is 0 Å². The predicted molar refractivity (Wildman–Crippen MR) is 63.7 cm³/mol. The molecule has 0 amide bonds. The molecule has 0 saturated carbocycles. The topological polar surface area (TPSA) is 131 Å². The molecule has 0 aliphatic carbocycles. The van der Waals surface area contributed by atoms with Crippen molar-refractivity contribution in [2.24, 2.45) is 0 Å². The summed E-state index contributed by atoms with van der Waals surface area (Å²) in [4.78, 5) is 14.8. The van der Waals surface area contributed by atoms with Crippen LogP contribution in [0.1, 0.15) is 6.23 Å². The Bertz CT molecular complexity index is 627. The van der Waals surface area contributed by atoms with E-state index in [4.69, 9.17) is 16.9 Å². The minimum Gasteiger partial charge on any atom is -0.392 e. The summed E-state index contributed by atoms with van der Waals surface area (Å²) in [6, 6.07) is 0. The van der Waals surface area contributed by atoms with Crippen molar-refractivity contribution < 1.29 is 24.4 Å². The molecule has 2 heterocycles. The van der Waals surface area contributed by atoms with Gasteiger partial charge in [-0.05, 0) is 0 Å². The maximum atomic E-state index is 13.4. The minimum atomic E-state index is -1.89. The lowest BCUT2D eigenvalue weighted by molar-refractivity contribution is -0.0938. The van der Waals surface area contributed by atoms with Crippen LogP contribution in [0.4, 0.5) is 10.2 Å². The van der Waals surface area contributed by atoms with E-state index in [0.29, 0.717) is 10.8 Å². The molecular weight excluding hydrogens is 273 g/mol. The van der Waals surface area contributed by atoms with Gasteiger partial charge in [0.25, 0.3) is 0 Å². The Morgan fingerprint density at radius 1 is 1.65 bits per heavy atom. The van der Waals surface area contributed by atoms with Gasteiger partial charge in [0, 0.05) is 0 Å². The Morgan fingerprint density at radius 3 is 2.80 bits per heavy atom. The summed E-state index contributed by atoms with van der Waals surface area (Å²) in [5, 5.41) is 28.9. The second kappa shape index (κ2) is 4.84. The van der Waals surface area contributed by atoms with Crippen LogP contribution in [0, 0.1) is 18.2 Å². The number of aromatic nitrogens is 2. The van der Waals surface area contributed by atoms with Gasteiger partial charge >= 0.3 is 5.69 Å². The number of aliphatic hydroxyl groups is 3. The summed E-state index contributed by atoms with van der Waals surface area (Å²) in [6.07, 6.45) is 1.03. The molecule has 0 aromatic carbocycles. The highest BCUT2D eigenvalue weighted by atomic mass is 19.1.